The summed E-state index contributed by atoms with van der Waals surface area (Å²) in [5.74, 6) is 0.237. The number of likely N-dealkylation sites (N-methyl/N-ethyl adjacent to an activating group) is 1. The molecule has 0 bridgehead atoms. The van der Waals surface area contributed by atoms with E-state index in [1.807, 2.05) is 67.2 Å². The number of benzene rings is 2. The lowest BCUT2D eigenvalue weighted by Crippen LogP contribution is -2.39. The first-order valence-electron chi connectivity index (χ1n) is 11.2. The normalized spacial score (nSPS) is 13.1. The van der Waals surface area contributed by atoms with Gasteiger partial charge < -0.3 is 20.0 Å². The predicted octanol–water partition coefficient (Wildman–Crippen LogP) is 3.64. The van der Waals surface area contributed by atoms with Gasteiger partial charge in [0.2, 0.25) is 11.8 Å². The standard InChI is InChI=1S/C25H33ClN4O2/c1-4-24(31)29-13-12-22-20(18-29)6-5-7-23(22)27-16-25(32)30(15-14-28(2)3)17-19-8-10-21(26)11-9-19/h5-11,27H,4,12-18H2,1-3H3. The second-order valence-electron chi connectivity index (χ2n) is 8.46. The quantitative estimate of drug-likeness (QED) is 0.626. The van der Waals surface area contributed by atoms with Crippen molar-refractivity contribution in [3.8, 4) is 0 Å². The first-order valence-corrected chi connectivity index (χ1v) is 11.5. The van der Waals surface area contributed by atoms with Gasteiger partial charge in [-0.3, -0.25) is 9.59 Å². The molecule has 0 aliphatic carbocycles. The van der Waals surface area contributed by atoms with Crippen LogP contribution in [0, 0.1) is 0 Å². The number of rotatable bonds is 9. The van der Waals surface area contributed by atoms with Gasteiger partial charge in [0.05, 0.1) is 6.54 Å². The molecule has 0 radical (unpaired) electrons. The molecule has 1 heterocycles. The van der Waals surface area contributed by atoms with E-state index in [1.165, 1.54) is 5.56 Å². The second kappa shape index (κ2) is 11.3. The van der Waals surface area contributed by atoms with Crippen molar-refractivity contribution in [2.75, 3.05) is 45.6 Å². The van der Waals surface area contributed by atoms with Gasteiger partial charge in [-0.25, -0.2) is 0 Å². The van der Waals surface area contributed by atoms with Gasteiger partial charge in [-0.1, -0.05) is 42.8 Å². The molecule has 172 valence electrons. The SMILES string of the molecule is CCC(=O)N1CCc2c(cccc2NCC(=O)N(CCN(C)C)Cc2ccc(Cl)cc2)C1. The molecule has 0 unspecified atom stereocenters. The number of anilines is 1. The largest absolute Gasteiger partial charge is 0.376 e. The lowest BCUT2D eigenvalue weighted by atomic mass is 9.97. The van der Waals surface area contributed by atoms with Crippen LogP contribution in [0.15, 0.2) is 42.5 Å². The lowest BCUT2D eigenvalue weighted by molar-refractivity contribution is -0.132. The second-order valence-corrected chi connectivity index (χ2v) is 8.90. The molecule has 0 spiro atoms. The van der Waals surface area contributed by atoms with E-state index in [0.717, 1.165) is 36.3 Å². The summed E-state index contributed by atoms with van der Waals surface area (Å²) in [4.78, 5) is 31.1. The highest BCUT2D eigenvalue weighted by atomic mass is 35.5. The molecular weight excluding hydrogens is 424 g/mol. The Labute approximate surface area is 196 Å². The third-order valence-electron chi connectivity index (χ3n) is 5.81. The number of fused-ring (bicyclic) bond motifs is 1. The molecule has 0 fully saturated rings. The molecule has 2 amide bonds. The van der Waals surface area contributed by atoms with Gasteiger partial charge >= 0.3 is 0 Å². The number of nitrogens with zero attached hydrogens (tertiary/aromatic N) is 3. The summed E-state index contributed by atoms with van der Waals surface area (Å²) in [5, 5.41) is 4.05. The van der Waals surface area contributed by atoms with Crippen LogP contribution in [0.3, 0.4) is 0 Å². The molecule has 32 heavy (non-hydrogen) atoms. The van der Waals surface area contributed by atoms with Crippen LogP contribution in [0.5, 0.6) is 0 Å². The maximum Gasteiger partial charge on any atom is 0.242 e. The molecule has 1 aliphatic heterocycles. The van der Waals surface area contributed by atoms with Crippen molar-refractivity contribution in [3.05, 3.63) is 64.2 Å². The molecule has 1 aliphatic rings. The molecule has 7 heteroatoms. The fraction of sp³-hybridized carbons (Fsp3) is 0.440. The van der Waals surface area contributed by atoms with Crippen LogP contribution >= 0.6 is 11.6 Å². The van der Waals surface area contributed by atoms with Crippen LogP contribution < -0.4 is 5.32 Å². The molecular formula is C25H33ClN4O2. The maximum atomic E-state index is 13.1. The predicted molar refractivity (Wildman–Crippen MR) is 130 cm³/mol. The molecule has 2 aromatic carbocycles. The van der Waals surface area contributed by atoms with Crippen molar-refractivity contribution < 1.29 is 9.59 Å². The molecule has 6 nitrogen and oxygen atoms in total. The molecule has 0 aromatic heterocycles. The number of hydrogen-bond donors (Lipinski definition) is 1. The Morgan fingerprint density at radius 2 is 1.84 bits per heavy atom. The minimum Gasteiger partial charge on any atom is -0.376 e. The van der Waals surface area contributed by atoms with Crippen molar-refractivity contribution in [1.82, 2.24) is 14.7 Å². The van der Waals surface area contributed by atoms with E-state index in [9.17, 15) is 9.59 Å². The highest BCUT2D eigenvalue weighted by Crippen LogP contribution is 2.26. The van der Waals surface area contributed by atoms with Crippen molar-refractivity contribution >= 4 is 29.1 Å². The summed E-state index contributed by atoms with van der Waals surface area (Å²) in [6.45, 7) is 5.47. The summed E-state index contributed by atoms with van der Waals surface area (Å²) in [6.07, 6.45) is 1.33. The smallest absolute Gasteiger partial charge is 0.242 e. The Bertz CT molecular complexity index is 930. The zero-order valence-electron chi connectivity index (χ0n) is 19.2. The first-order chi connectivity index (χ1) is 15.4. The van der Waals surface area contributed by atoms with Gasteiger partial charge in [0.15, 0.2) is 0 Å². The number of carbonyl (C=O) groups is 2. The van der Waals surface area contributed by atoms with E-state index in [1.54, 1.807) is 0 Å². The van der Waals surface area contributed by atoms with E-state index in [2.05, 4.69) is 16.3 Å². The van der Waals surface area contributed by atoms with Gasteiger partial charge in [0.25, 0.3) is 0 Å². The average molecular weight is 457 g/mol. The van der Waals surface area contributed by atoms with Crippen LogP contribution in [-0.4, -0.2) is 66.8 Å². The zero-order valence-corrected chi connectivity index (χ0v) is 20.0. The molecule has 0 atom stereocenters. The summed E-state index contributed by atoms with van der Waals surface area (Å²) in [6, 6.07) is 13.7. The van der Waals surface area contributed by atoms with Crippen molar-refractivity contribution in [3.63, 3.8) is 0 Å². The van der Waals surface area contributed by atoms with Gasteiger partial charge in [-0.15, -0.1) is 0 Å². The number of amides is 2. The first kappa shape index (κ1) is 24.1. The highest BCUT2D eigenvalue weighted by Gasteiger charge is 2.22. The van der Waals surface area contributed by atoms with Crippen LogP contribution in [-0.2, 0) is 29.1 Å². The third-order valence-corrected chi connectivity index (χ3v) is 6.06. The van der Waals surface area contributed by atoms with E-state index in [-0.39, 0.29) is 18.4 Å². The van der Waals surface area contributed by atoms with Crippen molar-refractivity contribution in [1.29, 1.82) is 0 Å². The Hall–Kier alpha value is -2.57. The molecule has 1 N–H and O–H groups in total. The summed E-state index contributed by atoms with van der Waals surface area (Å²) >= 11 is 6.00. The van der Waals surface area contributed by atoms with Crippen LogP contribution in [0.1, 0.15) is 30.0 Å². The molecule has 0 saturated carbocycles. The maximum absolute atomic E-state index is 13.1. The topological polar surface area (TPSA) is 55.9 Å². The van der Waals surface area contributed by atoms with E-state index >= 15 is 0 Å². The van der Waals surface area contributed by atoms with E-state index < -0.39 is 0 Å². The van der Waals surface area contributed by atoms with Crippen LogP contribution in [0.2, 0.25) is 5.02 Å². The van der Waals surface area contributed by atoms with Gasteiger partial charge in [0, 0.05) is 49.9 Å². The summed E-state index contributed by atoms with van der Waals surface area (Å²) in [5.41, 5.74) is 4.40. The fourth-order valence-corrected chi connectivity index (χ4v) is 4.04. The number of carbonyl (C=O) groups excluding carboxylic acids is 2. The minimum absolute atomic E-state index is 0.0537. The van der Waals surface area contributed by atoms with Crippen molar-refractivity contribution in [2.24, 2.45) is 0 Å². The van der Waals surface area contributed by atoms with Gasteiger partial charge in [-0.2, -0.15) is 0 Å². The Kier molecular flexibility index (Phi) is 8.53. The number of halogens is 1. The average Bonchev–Trinajstić information content (AvgIpc) is 2.80. The highest BCUT2D eigenvalue weighted by molar-refractivity contribution is 6.30. The third kappa shape index (κ3) is 6.47. The molecule has 0 saturated heterocycles. The van der Waals surface area contributed by atoms with Crippen LogP contribution in [0.4, 0.5) is 5.69 Å². The number of nitrogens with one attached hydrogen (secondary N) is 1. The van der Waals surface area contributed by atoms with Crippen LogP contribution in [0.25, 0.3) is 0 Å². The number of hydrogen-bond acceptors (Lipinski definition) is 4. The monoisotopic (exact) mass is 456 g/mol. The van der Waals surface area contributed by atoms with Gasteiger partial charge in [-0.05, 0) is 55.4 Å². The molecule has 3 rings (SSSR count). The Balaban J connectivity index is 1.66. The van der Waals surface area contributed by atoms with Crippen molar-refractivity contribution in [2.45, 2.75) is 32.9 Å². The molecule has 2 aromatic rings. The minimum atomic E-state index is 0.0537. The summed E-state index contributed by atoms with van der Waals surface area (Å²) < 4.78 is 0. The Morgan fingerprint density at radius 3 is 2.53 bits per heavy atom. The lowest BCUT2D eigenvalue weighted by Gasteiger charge is -2.30. The van der Waals surface area contributed by atoms with Gasteiger partial charge in [0.1, 0.15) is 0 Å². The Morgan fingerprint density at radius 1 is 1.09 bits per heavy atom. The zero-order chi connectivity index (χ0) is 23.1. The summed E-state index contributed by atoms with van der Waals surface area (Å²) in [7, 11) is 4.01. The fourth-order valence-electron chi connectivity index (χ4n) is 3.92. The van der Waals surface area contributed by atoms with E-state index in [4.69, 9.17) is 11.6 Å². The van der Waals surface area contributed by atoms with E-state index in [0.29, 0.717) is 31.1 Å².